The number of benzene rings is 2. The molecule has 2 fully saturated rings. The van der Waals surface area contributed by atoms with E-state index in [4.69, 9.17) is 11.6 Å². The van der Waals surface area contributed by atoms with Crippen LogP contribution < -0.4 is 15.1 Å². The second-order valence-corrected chi connectivity index (χ2v) is 9.14. The number of rotatable bonds is 4. The van der Waals surface area contributed by atoms with Crippen LogP contribution >= 0.6 is 11.6 Å². The lowest BCUT2D eigenvalue weighted by atomic mass is 9.88. The van der Waals surface area contributed by atoms with Crippen molar-refractivity contribution in [1.29, 1.82) is 0 Å². The van der Waals surface area contributed by atoms with Crippen LogP contribution in [0.25, 0.3) is 11.1 Å². The number of piperidine rings is 1. The quantitative estimate of drug-likeness (QED) is 0.627. The normalized spacial score (nSPS) is 18.9. The zero-order valence-corrected chi connectivity index (χ0v) is 20.9. The largest absolute Gasteiger partial charge is 0.388 e. The molecule has 34 heavy (non-hydrogen) atoms. The summed E-state index contributed by atoms with van der Waals surface area (Å²) in [7, 11) is 0. The Morgan fingerprint density at radius 3 is 2.32 bits per heavy atom. The van der Waals surface area contributed by atoms with Gasteiger partial charge in [-0.3, -0.25) is 19.8 Å². The maximum absolute atomic E-state index is 12.7. The van der Waals surface area contributed by atoms with Gasteiger partial charge in [-0.15, -0.1) is 0 Å². The highest BCUT2D eigenvalue weighted by Gasteiger charge is 2.38. The molecule has 0 saturated carbocycles. The van der Waals surface area contributed by atoms with Crippen LogP contribution in [0.3, 0.4) is 0 Å². The van der Waals surface area contributed by atoms with E-state index >= 15 is 0 Å². The van der Waals surface area contributed by atoms with Gasteiger partial charge < -0.3 is 10.0 Å². The lowest BCUT2D eigenvalue weighted by Crippen LogP contribution is -2.54. The molecule has 1 unspecified atom stereocenters. The zero-order chi connectivity index (χ0) is 25.0. The van der Waals surface area contributed by atoms with Crippen molar-refractivity contribution in [3.63, 3.8) is 0 Å². The first kappa shape index (κ1) is 25.7. The topological polar surface area (TPSA) is 89.9 Å². The Morgan fingerprint density at radius 2 is 1.71 bits per heavy atom. The first-order valence-electron chi connectivity index (χ1n) is 11.7. The van der Waals surface area contributed by atoms with Crippen molar-refractivity contribution >= 4 is 40.8 Å². The average molecular weight is 486 g/mol. The summed E-state index contributed by atoms with van der Waals surface area (Å²) < 4.78 is 0. The Kier molecular flexibility index (Phi) is 8.00. The molecule has 7 nitrogen and oxygen atoms in total. The maximum atomic E-state index is 12.7. The predicted octanol–water partition coefficient (Wildman–Crippen LogP) is 5.14. The monoisotopic (exact) mass is 485 g/mol. The van der Waals surface area contributed by atoms with Crippen LogP contribution in [-0.2, 0) is 9.59 Å². The van der Waals surface area contributed by atoms with Gasteiger partial charge in [0.25, 0.3) is 0 Å². The molecule has 2 saturated heterocycles. The summed E-state index contributed by atoms with van der Waals surface area (Å²) in [5.41, 5.74) is 1.82. The number of aliphatic hydroxyl groups is 1. The lowest BCUT2D eigenvalue weighted by Gasteiger charge is -2.42. The summed E-state index contributed by atoms with van der Waals surface area (Å²) in [6.07, 6.45) is 2.18. The number of carbonyl (C=O) groups excluding carboxylic acids is 3. The standard InChI is InChI=1S/C24H26ClN3O4.C2H6/c1-24(2,32)19-7-4-8-21(30)28(19)16-11-9-15(10-12-16)17-5-3-6-18(22(17)25)27-14-13-20(29)26-23(27)31;1-2/h3,5-6,9-12,19,32H,4,7-8,13-14H2,1-2H3,(H,26,29,31);1-2H3. The molecule has 0 aliphatic carbocycles. The van der Waals surface area contributed by atoms with Crippen LogP contribution in [0.5, 0.6) is 0 Å². The SMILES string of the molecule is CC.CC(C)(O)C1CCCC(=O)N1c1ccc(-c2cccc(N3CCC(=O)NC3=O)c2Cl)cc1. The van der Waals surface area contributed by atoms with E-state index in [-0.39, 0.29) is 30.8 Å². The summed E-state index contributed by atoms with van der Waals surface area (Å²) in [4.78, 5) is 39.5. The Balaban J connectivity index is 0.00000158. The molecular weight excluding hydrogens is 454 g/mol. The molecule has 2 heterocycles. The zero-order valence-electron chi connectivity index (χ0n) is 20.1. The number of imide groups is 1. The first-order chi connectivity index (χ1) is 16.2. The van der Waals surface area contributed by atoms with E-state index in [1.54, 1.807) is 24.8 Å². The van der Waals surface area contributed by atoms with Gasteiger partial charge >= 0.3 is 6.03 Å². The number of hydrogen-bond acceptors (Lipinski definition) is 4. The summed E-state index contributed by atoms with van der Waals surface area (Å²) in [6, 6.07) is 12.1. The second kappa shape index (κ2) is 10.6. The second-order valence-electron chi connectivity index (χ2n) is 8.77. The van der Waals surface area contributed by atoms with Crippen LogP contribution in [0, 0.1) is 0 Å². The molecule has 4 rings (SSSR count). The van der Waals surface area contributed by atoms with Gasteiger partial charge in [-0.2, -0.15) is 0 Å². The summed E-state index contributed by atoms with van der Waals surface area (Å²) in [5, 5.41) is 13.3. The van der Waals surface area contributed by atoms with Crippen molar-refractivity contribution in [2.24, 2.45) is 0 Å². The van der Waals surface area contributed by atoms with Crippen LogP contribution in [-0.4, -0.2) is 41.1 Å². The lowest BCUT2D eigenvalue weighted by molar-refractivity contribution is -0.122. The summed E-state index contributed by atoms with van der Waals surface area (Å²) in [6.45, 7) is 7.72. The minimum Gasteiger partial charge on any atom is -0.388 e. The molecule has 2 aliphatic rings. The Bertz CT molecular complexity index is 1060. The molecule has 0 bridgehead atoms. The van der Waals surface area contributed by atoms with E-state index < -0.39 is 11.6 Å². The molecule has 2 N–H and O–H groups in total. The highest BCUT2D eigenvalue weighted by molar-refractivity contribution is 6.36. The Labute approximate surface area is 205 Å². The molecule has 182 valence electrons. The van der Waals surface area contributed by atoms with E-state index in [1.165, 1.54) is 4.90 Å². The van der Waals surface area contributed by atoms with E-state index in [1.807, 2.05) is 50.2 Å². The van der Waals surface area contributed by atoms with Crippen molar-refractivity contribution in [1.82, 2.24) is 5.32 Å². The van der Waals surface area contributed by atoms with Crippen molar-refractivity contribution < 1.29 is 19.5 Å². The van der Waals surface area contributed by atoms with E-state index in [9.17, 15) is 19.5 Å². The highest BCUT2D eigenvalue weighted by Crippen LogP contribution is 2.38. The Hall–Kier alpha value is -2.90. The molecule has 2 aliphatic heterocycles. The first-order valence-corrected chi connectivity index (χ1v) is 12.1. The molecule has 0 radical (unpaired) electrons. The van der Waals surface area contributed by atoms with Gasteiger partial charge in [-0.25, -0.2) is 4.79 Å². The predicted molar refractivity (Wildman–Crippen MR) is 135 cm³/mol. The molecule has 4 amide bonds. The number of nitrogens with zero attached hydrogens (tertiary/aromatic N) is 2. The fourth-order valence-corrected chi connectivity index (χ4v) is 4.75. The van der Waals surface area contributed by atoms with Crippen LogP contribution in [0.4, 0.5) is 16.2 Å². The van der Waals surface area contributed by atoms with Gasteiger partial charge in [0.1, 0.15) is 0 Å². The minimum absolute atomic E-state index is 0.00168. The third kappa shape index (κ3) is 5.26. The maximum Gasteiger partial charge on any atom is 0.328 e. The third-order valence-electron chi connectivity index (χ3n) is 6.04. The number of carbonyl (C=O) groups is 3. The Morgan fingerprint density at radius 1 is 1.03 bits per heavy atom. The van der Waals surface area contributed by atoms with Crippen LogP contribution in [0.2, 0.25) is 5.02 Å². The van der Waals surface area contributed by atoms with Crippen LogP contribution in [0.1, 0.15) is 53.4 Å². The number of nitrogens with one attached hydrogen (secondary N) is 1. The highest BCUT2D eigenvalue weighted by atomic mass is 35.5. The summed E-state index contributed by atoms with van der Waals surface area (Å²) in [5.74, 6) is -0.299. The van der Waals surface area contributed by atoms with Crippen molar-refractivity contribution in [2.45, 2.75) is 65.0 Å². The van der Waals surface area contributed by atoms with Gasteiger partial charge in [0.2, 0.25) is 11.8 Å². The van der Waals surface area contributed by atoms with Gasteiger partial charge in [-0.1, -0.05) is 49.7 Å². The van der Waals surface area contributed by atoms with Gasteiger partial charge in [0.05, 0.1) is 22.4 Å². The number of anilines is 2. The smallest absolute Gasteiger partial charge is 0.328 e. The van der Waals surface area contributed by atoms with Crippen molar-refractivity contribution in [2.75, 3.05) is 16.3 Å². The van der Waals surface area contributed by atoms with Crippen molar-refractivity contribution in [3.05, 3.63) is 47.5 Å². The van der Waals surface area contributed by atoms with Gasteiger partial charge in [-0.05, 0) is 50.5 Å². The van der Waals surface area contributed by atoms with Gasteiger partial charge in [0.15, 0.2) is 0 Å². The van der Waals surface area contributed by atoms with Crippen LogP contribution in [0.15, 0.2) is 42.5 Å². The average Bonchev–Trinajstić information content (AvgIpc) is 2.80. The molecular formula is C26H32ClN3O4. The van der Waals surface area contributed by atoms with E-state index in [0.29, 0.717) is 17.1 Å². The molecule has 1 atom stereocenters. The van der Waals surface area contributed by atoms with E-state index in [2.05, 4.69) is 5.32 Å². The third-order valence-corrected chi connectivity index (χ3v) is 6.44. The van der Waals surface area contributed by atoms with Crippen molar-refractivity contribution in [3.8, 4) is 11.1 Å². The number of halogens is 1. The molecule has 2 aromatic carbocycles. The van der Waals surface area contributed by atoms with E-state index in [0.717, 1.165) is 29.7 Å². The number of hydrogen-bond donors (Lipinski definition) is 2. The molecule has 8 heteroatoms. The molecule has 2 aromatic rings. The minimum atomic E-state index is -1.01. The molecule has 0 spiro atoms. The molecule has 0 aromatic heterocycles. The number of amides is 4. The fourth-order valence-electron chi connectivity index (χ4n) is 4.41. The van der Waals surface area contributed by atoms with Gasteiger partial charge in [0, 0.05) is 30.6 Å². The fraction of sp³-hybridized carbons (Fsp3) is 0.423. The summed E-state index contributed by atoms with van der Waals surface area (Å²) >= 11 is 6.67. The number of urea groups is 1.